The van der Waals surface area contributed by atoms with E-state index in [1.54, 1.807) is 42.5 Å². The maximum atomic E-state index is 3.90. The second-order valence-corrected chi connectivity index (χ2v) is 8.49. The molecule has 0 saturated heterocycles. The summed E-state index contributed by atoms with van der Waals surface area (Å²) in [5, 5.41) is 6.22. The third-order valence-corrected chi connectivity index (χ3v) is 7.51. The molecule has 1 atom stereocenters. The normalized spacial score (nSPS) is 47.4. The van der Waals surface area contributed by atoms with Crippen molar-refractivity contribution in [3.8, 4) is 0 Å². The van der Waals surface area contributed by atoms with Crippen LogP contribution in [0.5, 0.6) is 0 Å². The van der Waals surface area contributed by atoms with Crippen LogP contribution in [0.15, 0.2) is 11.4 Å². The van der Waals surface area contributed by atoms with Crippen molar-refractivity contribution >= 4 is 11.3 Å². The molecule has 0 amide bonds. The molecule has 102 valence electrons. The molecule has 4 aliphatic carbocycles. The standard InChI is InChI=1S/C17H23NS/c1-3-18-17(14-2-4-19-15(1)14)16-12-6-10-5-11(8-12)9-13(16)7-10/h2,4,10-13,16-18H,1,3,5-9H2. The minimum absolute atomic E-state index is 0.699. The summed E-state index contributed by atoms with van der Waals surface area (Å²) in [5.41, 5.74) is 1.67. The first-order valence-corrected chi connectivity index (χ1v) is 9.06. The van der Waals surface area contributed by atoms with Gasteiger partial charge in [0, 0.05) is 17.5 Å². The first-order valence-electron chi connectivity index (χ1n) is 8.18. The predicted molar refractivity (Wildman–Crippen MR) is 79.3 cm³/mol. The first-order chi connectivity index (χ1) is 9.38. The summed E-state index contributed by atoms with van der Waals surface area (Å²) in [6.07, 6.45) is 9.04. The lowest BCUT2D eigenvalue weighted by molar-refractivity contribution is -0.0532. The van der Waals surface area contributed by atoms with Crippen LogP contribution in [0.2, 0.25) is 0 Å². The lowest BCUT2D eigenvalue weighted by atomic mass is 9.50. The highest BCUT2D eigenvalue weighted by Crippen LogP contribution is 2.59. The van der Waals surface area contributed by atoms with E-state index in [1.807, 2.05) is 11.3 Å². The molecule has 1 aliphatic heterocycles. The van der Waals surface area contributed by atoms with Crippen molar-refractivity contribution in [1.82, 2.24) is 5.32 Å². The summed E-state index contributed by atoms with van der Waals surface area (Å²) in [5.74, 6) is 5.24. The fourth-order valence-electron chi connectivity index (χ4n) is 6.14. The molecule has 1 unspecified atom stereocenters. The third kappa shape index (κ3) is 1.62. The Kier molecular flexibility index (Phi) is 2.43. The van der Waals surface area contributed by atoms with Crippen LogP contribution in [-0.4, -0.2) is 6.54 Å². The Bertz CT molecular complexity index is 463. The maximum Gasteiger partial charge on any atom is 0.0365 e. The fraction of sp³-hybridized carbons (Fsp3) is 0.765. The quantitative estimate of drug-likeness (QED) is 0.815. The van der Waals surface area contributed by atoms with Gasteiger partial charge in [-0.2, -0.15) is 0 Å². The SMILES string of the molecule is c1cc2c(s1)CCNC2C1C2CC3CC(C2)CC1C3. The average Bonchev–Trinajstić information content (AvgIpc) is 2.86. The van der Waals surface area contributed by atoms with E-state index in [0.29, 0.717) is 6.04 Å². The van der Waals surface area contributed by atoms with Crippen LogP contribution in [0.1, 0.15) is 48.6 Å². The zero-order valence-electron chi connectivity index (χ0n) is 11.5. The van der Waals surface area contributed by atoms with Crippen molar-refractivity contribution in [3.05, 3.63) is 21.9 Å². The van der Waals surface area contributed by atoms with E-state index < -0.39 is 0 Å². The van der Waals surface area contributed by atoms with Gasteiger partial charge in [0.15, 0.2) is 0 Å². The zero-order valence-corrected chi connectivity index (χ0v) is 12.3. The van der Waals surface area contributed by atoms with E-state index in [2.05, 4.69) is 16.8 Å². The van der Waals surface area contributed by atoms with Gasteiger partial charge in [0.05, 0.1) is 0 Å². The highest BCUT2D eigenvalue weighted by molar-refractivity contribution is 7.10. The van der Waals surface area contributed by atoms with E-state index in [9.17, 15) is 0 Å². The monoisotopic (exact) mass is 273 g/mol. The minimum Gasteiger partial charge on any atom is -0.309 e. The van der Waals surface area contributed by atoms with Crippen LogP contribution in [-0.2, 0) is 6.42 Å². The van der Waals surface area contributed by atoms with Crippen molar-refractivity contribution in [3.63, 3.8) is 0 Å². The van der Waals surface area contributed by atoms with Gasteiger partial charge < -0.3 is 5.32 Å². The van der Waals surface area contributed by atoms with Crippen molar-refractivity contribution in [2.45, 2.75) is 44.6 Å². The van der Waals surface area contributed by atoms with Gasteiger partial charge >= 0.3 is 0 Å². The summed E-state index contributed by atoms with van der Waals surface area (Å²) in [6, 6.07) is 3.12. The van der Waals surface area contributed by atoms with Gasteiger partial charge in [-0.15, -0.1) is 11.3 Å². The Morgan fingerprint density at radius 3 is 2.47 bits per heavy atom. The molecule has 5 aliphatic rings. The Morgan fingerprint density at radius 1 is 1.00 bits per heavy atom. The van der Waals surface area contributed by atoms with Crippen LogP contribution >= 0.6 is 11.3 Å². The van der Waals surface area contributed by atoms with Gasteiger partial charge in [0.1, 0.15) is 0 Å². The lowest BCUT2D eigenvalue weighted by Gasteiger charge is -2.57. The number of thiophene rings is 1. The van der Waals surface area contributed by atoms with Gasteiger partial charge in [-0.05, 0) is 85.1 Å². The molecular formula is C17H23NS. The van der Waals surface area contributed by atoms with Crippen LogP contribution in [0.4, 0.5) is 0 Å². The van der Waals surface area contributed by atoms with Gasteiger partial charge in [-0.25, -0.2) is 0 Å². The molecule has 19 heavy (non-hydrogen) atoms. The van der Waals surface area contributed by atoms with E-state index in [0.717, 1.165) is 29.6 Å². The Morgan fingerprint density at radius 2 is 1.74 bits per heavy atom. The highest BCUT2D eigenvalue weighted by Gasteiger charge is 2.51. The summed E-state index contributed by atoms with van der Waals surface area (Å²) >= 11 is 1.99. The maximum absolute atomic E-state index is 3.90. The number of hydrogen-bond acceptors (Lipinski definition) is 2. The van der Waals surface area contributed by atoms with Gasteiger partial charge in [-0.1, -0.05) is 0 Å². The van der Waals surface area contributed by atoms with Crippen LogP contribution in [0, 0.1) is 29.6 Å². The van der Waals surface area contributed by atoms with Crippen molar-refractivity contribution in [2.24, 2.45) is 29.6 Å². The molecule has 2 heteroatoms. The molecular weight excluding hydrogens is 250 g/mol. The van der Waals surface area contributed by atoms with E-state index in [4.69, 9.17) is 0 Å². The summed E-state index contributed by atoms with van der Waals surface area (Å²) in [4.78, 5) is 1.68. The summed E-state index contributed by atoms with van der Waals surface area (Å²) in [6.45, 7) is 1.21. The second kappa shape index (κ2) is 4.08. The number of hydrogen-bond donors (Lipinski definition) is 1. The van der Waals surface area contributed by atoms with E-state index in [1.165, 1.54) is 13.0 Å². The molecule has 1 aromatic heterocycles. The molecule has 0 spiro atoms. The van der Waals surface area contributed by atoms with E-state index in [-0.39, 0.29) is 0 Å². The van der Waals surface area contributed by atoms with Crippen molar-refractivity contribution in [2.75, 3.05) is 6.54 Å². The van der Waals surface area contributed by atoms with Crippen LogP contribution in [0.25, 0.3) is 0 Å². The van der Waals surface area contributed by atoms with E-state index >= 15 is 0 Å². The topological polar surface area (TPSA) is 12.0 Å². The first kappa shape index (κ1) is 11.3. The average molecular weight is 273 g/mol. The number of nitrogens with one attached hydrogen (secondary N) is 1. The fourth-order valence-corrected chi connectivity index (χ4v) is 7.07. The van der Waals surface area contributed by atoms with Gasteiger partial charge in [-0.3, -0.25) is 0 Å². The van der Waals surface area contributed by atoms with Gasteiger partial charge in [0.25, 0.3) is 0 Å². The molecule has 4 saturated carbocycles. The van der Waals surface area contributed by atoms with Crippen molar-refractivity contribution < 1.29 is 0 Å². The lowest BCUT2D eigenvalue weighted by Crippen LogP contribution is -2.50. The van der Waals surface area contributed by atoms with Gasteiger partial charge in [0.2, 0.25) is 0 Å². The highest BCUT2D eigenvalue weighted by atomic mass is 32.1. The summed E-state index contributed by atoms with van der Waals surface area (Å²) < 4.78 is 0. The molecule has 6 rings (SSSR count). The van der Waals surface area contributed by atoms with Crippen LogP contribution < -0.4 is 5.32 Å². The molecule has 1 nitrogen and oxygen atoms in total. The molecule has 4 bridgehead atoms. The van der Waals surface area contributed by atoms with Crippen LogP contribution in [0.3, 0.4) is 0 Å². The number of fused-ring (bicyclic) bond motifs is 1. The molecule has 0 radical (unpaired) electrons. The molecule has 0 aromatic carbocycles. The minimum atomic E-state index is 0.699. The Hall–Kier alpha value is -0.340. The Balaban J connectivity index is 1.51. The molecule has 1 aromatic rings. The van der Waals surface area contributed by atoms with Crippen molar-refractivity contribution in [1.29, 1.82) is 0 Å². The number of rotatable bonds is 1. The molecule has 4 fully saturated rings. The largest absolute Gasteiger partial charge is 0.309 e. The second-order valence-electron chi connectivity index (χ2n) is 7.49. The zero-order chi connectivity index (χ0) is 12.4. The Labute approximate surface area is 119 Å². The molecule has 1 N–H and O–H groups in total. The smallest absolute Gasteiger partial charge is 0.0365 e. The summed E-state index contributed by atoms with van der Waals surface area (Å²) in [7, 11) is 0. The molecule has 2 heterocycles. The predicted octanol–water partition coefficient (Wildman–Crippen LogP) is 4.01. The third-order valence-electron chi connectivity index (χ3n) is 6.52.